The minimum absolute atomic E-state index is 0.572. The van der Waals surface area contributed by atoms with Crippen molar-refractivity contribution in [3.63, 3.8) is 0 Å². The Morgan fingerprint density at radius 3 is 1.28 bits per heavy atom. The zero-order valence-electron chi connectivity index (χ0n) is 10.7. The topological polar surface area (TPSA) is 68.3 Å². The maximum atomic E-state index is 10.7. The molecule has 0 aromatic carbocycles. The first-order chi connectivity index (χ1) is 8.21. The highest BCUT2D eigenvalue weighted by Gasteiger charge is 1.92. The van der Waals surface area contributed by atoms with Crippen LogP contribution in [0.2, 0.25) is 0 Å². The zero-order valence-corrected chi connectivity index (χ0v) is 12.3. The van der Waals surface area contributed by atoms with Crippen molar-refractivity contribution < 1.29 is 16.8 Å². The molecule has 18 heavy (non-hydrogen) atoms. The summed E-state index contributed by atoms with van der Waals surface area (Å²) in [5, 5.41) is 4.37. The Balaban J connectivity index is 3.58. The second-order valence-corrected chi connectivity index (χ2v) is 7.51. The first-order valence-corrected chi connectivity index (χ1v) is 9.38. The third-order valence-corrected chi connectivity index (χ3v) is 2.90. The van der Waals surface area contributed by atoms with E-state index in [2.05, 4.69) is 22.3 Å². The molecule has 0 aromatic rings. The molecule has 0 radical (unpaired) electrons. The summed E-state index contributed by atoms with van der Waals surface area (Å²) < 4.78 is 42.7. The number of hydrogen-bond donors (Lipinski definition) is 0. The molecule has 0 aliphatic carbocycles. The summed E-state index contributed by atoms with van der Waals surface area (Å²) in [6, 6.07) is 0. The molecule has 0 unspecified atom stereocenters. The van der Waals surface area contributed by atoms with E-state index in [-0.39, 0.29) is 0 Å². The van der Waals surface area contributed by atoms with E-state index in [1.165, 1.54) is 0 Å². The molecule has 0 aliphatic rings. The quantitative estimate of drug-likeness (QED) is 0.435. The normalized spacial score (nSPS) is 11.0. The summed E-state index contributed by atoms with van der Waals surface area (Å²) in [5.74, 6) is 5.20. The van der Waals surface area contributed by atoms with Crippen LogP contribution in [0.1, 0.15) is 38.5 Å². The highest BCUT2D eigenvalue weighted by atomic mass is 32.2. The van der Waals surface area contributed by atoms with E-state index >= 15 is 0 Å². The first-order valence-electron chi connectivity index (χ1n) is 5.60. The van der Waals surface area contributed by atoms with Crippen molar-refractivity contribution in [2.24, 2.45) is 0 Å². The van der Waals surface area contributed by atoms with Gasteiger partial charge in [-0.2, -0.15) is 0 Å². The predicted octanol–water partition coefficient (Wildman–Crippen LogP) is 1.34. The molecule has 102 valence electrons. The third-order valence-electron chi connectivity index (χ3n) is 1.87. The average molecular weight is 290 g/mol. The minimum atomic E-state index is -3.18. The lowest BCUT2D eigenvalue weighted by atomic mass is 10.1. The van der Waals surface area contributed by atoms with Crippen LogP contribution in [-0.2, 0) is 19.7 Å². The van der Waals surface area contributed by atoms with Gasteiger partial charge in [-0.1, -0.05) is 24.7 Å². The number of hydrogen-bond acceptors (Lipinski definition) is 4. The molecule has 0 heterocycles. The van der Waals surface area contributed by atoms with Crippen molar-refractivity contribution in [3.8, 4) is 22.3 Å². The molecule has 0 amide bonds. The third kappa shape index (κ3) is 15.0. The molecular formula is C12H18O4S2. The van der Waals surface area contributed by atoms with Crippen molar-refractivity contribution in [2.45, 2.75) is 38.5 Å². The molecule has 0 spiro atoms. The fourth-order valence-corrected chi connectivity index (χ4v) is 1.87. The van der Waals surface area contributed by atoms with E-state index in [0.29, 0.717) is 12.8 Å². The Labute approximate surface area is 110 Å². The van der Waals surface area contributed by atoms with Crippen molar-refractivity contribution in [2.75, 3.05) is 12.5 Å². The summed E-state index contributed by atoms with van der Waals surface area (Å²) in [6.07, 6.45) is 6.90. The first kappa shape index (κ1) is 17.0. The van der Waals surface area contributed by atoms with Crippen molar-refractivity contribution >= 4 is 19.7 Å². The fourth-order valence-electron chi connectivity index (χ4n) is 1.14. The van der Waals surface area contributed by atoms with Crippen molar-refractivity contribution in [1.29, 1.82) is 0 Å². The van der Waals surface area contributed by atoms with E-state index < -0.39 is 19.7 Å². The van der Waals surface area contributed by atoms with Gasteiger partial charge in [-0.25, -0.2) is 16.8 Å². The standard InChI is InChI=1S/C12H18O4S2/c1-17(13,14)11-9-7-5-3-4-6-8-10-12-18(2,15)16/h3-8H2,1-2H3. The molecule has 0 saturated heterocycles. The lowest BCUT2D eigenvalue weighted by Crippen LogP contribution is -1.89. The lowest BCUT2D eigenvalue weighted by Gasteiger charge is -1.94. The molecule has 0 fully saturated rings. The van der Waals surface area contributed by atoms with E-state index in [0.717, 1.165) is 38.2 Å². The van der Waals surface area contributed by atoms with Gasteiger partial charge in [0.25, 0.3) is 0 Å². The largest absolute Gasteiger partial charge is 0.216 e. The fraction of sp³-hybridized carbons (Fsp3) is 0.667. The van der Waals surface area contributed by atoms with Crippen LogP contribution < -0.4 is 0 Å². The van der Waals surface area contributed by atoms with Crippen LogP contribution in [0.5, 0.6) is 0 Å². The van der Waals surface area contributed by atoms with E-state index in [1.807, 2.05) is 0 Å². The molecule has 0 N–H and O–H groups in total. The van der Waals surface area contributed by atoms with Gasteiger partial charge in [0, 0.05) is 23.3 Å². The Kier molecular flexibility index (Phi) is 7.73. The Morgan fingerprint density at radius 2 is 1.00 bits per heavy atom. The van der Waals surface area contributed by atoms with Crippen LogP contribution in [0.25, 0.3) is 0 Å². The van der Waals surface area contributed by atoms with Crippen LogP contribution in [0.3, 0.4) is 0 Å². The van der Waals surface area contributed by atoms with Gasteiger partial charge >= 0.3 is 0 Å². The maximum Gasteiger partial charge on any atom is 0.213 e. The highest BCUT2D eigenvalue weighted by Crippen LogP contribution is 2.04. The monoisotopic (exact) mass is 290 g/mol. The molecule has 0 bridgehead atoms. The summed E-state index contributed by atoms with van der Waals surface area (Å²) in [5.41, 5.74) is 0. The summed E-state index contributed by atoms with van der Waals surface area (Å²) >= 11 is 0. The number of sulfone groups is 2. The minimum Gasteiger partial charge on any atom is -0.216 e. The molecule has 6 heteroatoms. The second-order valence-electron chi connectivity index (χ2n) is 4.02. The summed E-state index contributed by atoms with van der Waals surface area (Å²) in [7, 11) is -6.36. The summed E-state index contributed by atoms with van der Waals surface area (Å²) in [4.78, 5) is 0. The number of rotatable bonds is 5. The van der Waals surface area contributed by atoms with E-state index in [1.54, 1.807) is 0 Å². The van der Waals surface area contributed by atoms with Gasteiger partial charge in [0.1, 0.15) is 0 Å². The zero-order chi connectivity index (χ0) is 14.1. The molecule has 0 atom stereocenters. The lowest BCUT2D eigenvalue weighted by molar-refractivity contribution is 0.609. The molecule has 0 aliphatic heterocycles. The van der Waals surface area contributed by atoms with Gasteiger partial charge in [-0.3, -0.25) is 0 Å². The Hall–Kier alpha value is -0.980. The van der Waals surface area contributed by atoms with Gasteiger partial charge in [0.05, 0.1) is 12.5 Å². The SMILES string of the molecule is CS(=O)(=O)C#CCCCCCCC#CS(C)(=O)=O. The van der Waals surface area contributed by atoms with Gasteiger partial charge in [0.2, 0.25) is 19.7 Å². The van der Waals surface area contributed by atoms with Gasteiger partial charge in [-0.05, 0) is 12.8 Å². The van der Waals surface area contributed by atoms with Crippen LogP contribution in [0.15, 0.2) is 0 Å². The molecule has 0 saturated carbocycles. The van der Waals surface area contributed by atoms with Gasteiger partial charge in [-0.15, -0.1) is 0 Å². The van der Waals surface area contributed by atoms with Crippen LogP contribution in [0.4, 0.5) is 0 Å². The van der Waals surface area contributed by atoms with Crippen LogP contribution >= 0.6 is 0 Å². The second kappa shape index (κ2) is 8.18. The number of unbranched alkanes of at least 4 members (excludes halogenated alkanes) is 5. The highest BCUT2D eigenvalue weighted by molar-refractivity contribution is 7.95. The van der Waals surface area contributed by atoms with Crippen molar-refractivity contribution in [1.82, 2.24) is 0 Å². The van der Waals surface area contributed by atoms with Crippen LogP contribution in [0, 0.1) is 22.3 Å². The summed E-state index contributed by atoms with van der Waals surface area (Å²) in [6.45, 7) is 0. The molecule has 0 aromatic heterocycles. The predicted molar refractivity (Wildman–Crippen MR) is 72.9 cm³/mol. The van der Waals surface area contributed by atoms with Crippen LogP contribution in [-0.4, -0.2) is 29.3 Å². The van der Waals surface area contributed by atoms with Gasteiger partial charge < -0.3 is 0 Å². The average Bonchev–Trinajstić information content (AvgIpc) is 2.17. The van der Waals surface area contributed by atoms with Crippen molar-refractivity contribution in [3.05, 3.63) is 0 Å². The molecule has 0 rings (SSSR count). The Morgan fingerprint density at radius 1 is 0.667 bits per heavy atom. The van der Waals surface area contributed by atoms with E-state index in [4.69, 9.17) is 0 Å². The molecule has 4 nitrogen and oxygen atoms in total. The Bertz CT molecular complexity index is 509. The smallest absolute Gasteiger partial charge is 0.213 e. The molecular weight excluding hydrogens is 272 g/mol. The maximum absolute atomic E-state index is 10.7. The van der Waals surface area contributed by atoms with Gasteiger partial charge in [0.15, 0.2) is 0 Å². The van der Waals surface area contributed by atoms with E-state index in [9.17, 15) is 16.8 Å².